The molecule has 1 unspecified atom stereocenters. The van der Waals surface area contributed by atoms with Crippen LogP contribution in [-0.2, 0) is 11.3 Å². The number of carboxylic acid groups (broad SMARTS) is 1. The van der Waals surface area contributed by atoms with Crippen LogP contribution in [0.2, 0.25) is 0 Å². The molecule has 98 valence electrons. The van der Waals surface area contributed by atoms with Crippen LogP contribution in [0.15, 0.2) is 18.2 Å². The third-order valence-corrected chi connectivity index (χ3v) is 3.35. The lowest BCUT2D eigenvalue weighted by molar-refractivity contribution is 0.0695. The Kier molecular flexibility index (Phi) is 3.84. The fourth-order valence-electron chi connectivity index (χ4n) is 2.28. The van der Waals surface area contributed by atoms with E-state index < -0.39 is 5.97 Å². The molecule has 18 heavy (non-hydrogen) atoms. The van der Waals surface area contributed by atoms with Crippen LogP contribution in [0.4, 0.5) is 5.69 Å². The molecule has 5 nitrogen and oxygen atoms in total. The lowest BCUT2D eigenvalue weighted by Crippen LogP contribution is -2.32. The first-order chi connectivity index (χ1) is 8.59. The molecule has 0 spiro atoms. The first-order valence-corrected chi connectivity index (χ1v) is 5.98. The van der Waals surface area contributed by atoms with E-state index in [4.69, 9.17) is 10.5 Å². The monoisotopic (exact) mass is 250 g/mol. The number of benzene rings is 1. The summed E-state index contributed by atoms with van der Waals surface area (Å²) in [7, 11) is 1.98. The summed E-state index contributed by atoms with van der Waals surface area (Å²) in [6, 6.07) is 5.57. The van der Waals surface area contributed by atoms with Crippen molar-refractivity contribution in [2.45, 2.75) is 19.0 Å². The SMILES string of the molecule is CN(Cc1cccc(N)c1C(=O)O)C1CCOC1. The van der Waals surface area contributed by atoms with Crippen molar-refractivity contribution in [2.24, 2.45) is 0 Å². The summed E-state index contributed by atoms with van der Waals surface area (Å²) < 4.78 is 5.33. The Bertz CT molecular complexity index is 442. The molecule has 0 amide bonds. The predicted octanol–water partition coefficient (Wildman–Crippen LogP) is 1.19. The van der Waals surface area contributed by atoms with Gasteiger partial charge >= 0.3 is 5.97 Å². The zero-order valence-corrected chi connectivity index (χ0v) is 10.4. The summed E-state index contributed by atoms with van der Waals surface area (Å²) in [5.74, 6) is -0.973. The van der Waals surface area contributed by atoms with E-state index in [0.29, 0.717) is 24.9 Å². The molecule has 1 aromatic carbocycles. The smallest absolute Gasteiger partial charge is 0.338 e. The lowest BCUT2D eigenvalue weighted by Gasteiger charge is -2.23. The molecular weight excluding hydrogens is 232 g/mol. The number of nitrogen functional groups attached to an aromatic ring is 1. The van der Waals surface area contributed by atoms with Crippen molar-refractivity contribution in [3.8, 4) is 0 Å². The average Bonchev–Trinajstić information content (AvgIpc) is 2.81. The van der Waals surface area contributed by atoms with Gasteiger partial charge in [0.1, 0.15) is 0 Å². The maximum atomic E-state index is 11.2. The van der Waals surface area contributed by atoms with Gasteiger partial charge in [-0.05, 0) is 25.1 Å². The van der Waals surface area contributed by atoms with Crippen molar-refractivity contribution in [2.75, 3.05) is 26.0 Å². The summed E-state index contributed by atoms with van der Waals surface area (Å²) in [4.78, 5) is 13.3. The maximum Gasteiger partial charge on any atom is 0.338 e. The topological polar surface area (TPSA) is 75.8 Å². The van der Waals surface area contributed by atoms with E-state index in [-0.39, 0.29) is 5.56 Å². The molecule has 0 aliphatic carbocycles. The summed E-state index contributed by atoms with van der Waals surface area (Å²) in [6.45, 7) is 2.06. The highest BCUT2D eigenvalue weighted by Crippen LogP contribution is 2.20. The first kappa shape index (κ1) is 12.9. The number of aromatic carboxylic acids is 1. The normalized spacial score (nSPS) is 19.3. The van der Waals surface area contributed by atoms with Crippen LogP contribution in [-0.4, -0.2) is 42.3 Å². The molecule has 0 aromatic heterocycles. The van der Waals surface area contributed by atoms with E-state index in [1.54, 1.807) is 12.1 Å². The third-order valence-electron chi connectivity index (χ3n) is 3.35. The number of ether oxygens (including phenoxy) is 1. The van der Waals surface area contributed by atoms with Gasteiger partial charge in [-0.2, -0.15) is 0 Å². The van der Waals surface area contributed by atoms with Crippen molar-refractivity contribution in [3.05, 3.63) is 29.3 Å². The number of carbonyl (C=O) groups is 1. The minimum Gasteiger partial charge on any atom is -0.478 e. The van der Waals surface area contributed by atoms with Gasteiger partial charge in [0.2, 0.25) is 0 Å². The van der Waals surface area contributed by atoms with Crippen LogP contribution in [0.1, 0.15) is 22.3 Å². The second-order valence-electron chi connectivity index (χ2n) is 4.62. The Morgan fingerprint density at radius 1 is 1.61 bits per heavy atom. The van der Waals surface area contributed by atoms with Crippen LogP contribution in [0.25, 0.3) is 0 Å². The zero-order valence-electron chi connectivity index (χ0n) is 10.4. The molecule has 1 fully saturated rings. The molecule has 1 aliphatic heterocycles. The Hall–Kier alpha value is -1.59. The van der Waals surface area contributed by atoms with E-state index in [1.165, 1.54) is 0 Å². The van der Waals surface area contributed by atoms with Gasteiger partial charge in [0.25, 0.3) is 0 Å². The van der Waals surface area contributed by atoms with Crippen molar-refractivity contribution < 1.29 is 14.6 Å². The molecule has 0 bridgehead atoms. The molecule has 1 aromatic rings. The minimum absolute atomic E-state index is 0.211. The number of carboxylic acids is 1. The number of anilines is 1. The molecule has 2 rings (SSSR count). The highest BCUT2D eigenvalue weighted by Gasteiger charge is 2.22. The molecule has 0 saturated carbocycles. The Balaban J connectivity index is 2.17. The van der Waals surface area contributed by atoms with Crippen molar-refractivity contribution in [1.29, 1.82) is 0 Å². The van der Waals surface area contributed by atoms with Gasteiger partial charge in [-0.15, -0.1) is 0 Å². The van der Waals surface area contributed by atoms with Crippen LogP contribution in [0.3, 0.4) is 0 Å². The number of hydrogen-bond donors (Lipinski definition) is 2. The number of nitrogens with two attached hydrogens (primary N) is 1. The van der Waals surface area contributed by atoms with Gasteiger partial charge in [-0.25, -0.2) is 4.79 Å². The van der Waals surface area contributed by atoms with Gasteiger partial charge in [0.15, 0.2) is 0 Å². The van der Waals surface area contributed by atoms with Gasteiger partial charge in [0.05, 0.1) is 12.2 Å². The molecule has 1 atom stereocenters. The largest absolute Gasteiger partial charge is 0.478 e. The molecule has 1 heterocycles. The zero-order chi connectivity index (χ0) is 13.1. The standard InChI is InChI=1S/C13H18N2O3/c1-15(10-5-6-18-8-10)7-9-3-2-4-11(14)12(9)13(16)17/h2-4,10H,5-8,14H2,1H3,(H,16,17). The molecule has 5 heteroatoms. The van der Waals surface area contributed by atoms with E-state index in [9.17, 15) is 9.90 Å². The van der Waals surface area contributed by atoms with E-state index >= 15 is 0 Å². The summed E-state index contributed by atoms with van der Waals surface area (Å²) in [5, 5.41) is 9.20. The number of likely N-dealkylation sites (N-methyl/N-ethyl adjacent to an activating group) is 1. The molecular formula is C13H18N2O3. The first-order valence-electron chi connectivity index (χ1n) is 5.98. The number of nitrogens with zero attached hydrogens (tertiary/aromatic N) is 1. The highest BCUT2D eigenvalue weighted by atomic mass is 16.5. The van der Waals surface area contributed by atoms with E-state index in [0.717, 1.165) is 18.6 Å². The van der Waals surface area contributed by atoms with Crippen molar-refractivity contribution in [3.63, 3.8) is 0 Å². The average molecular weight is 250 g/mol. The Morgan fingerprint density at radius 3 is 3.00 bits per heavy atom. The van der Waals surface area contributed by atoms with Crippen molar-refractivity contribution >= 4 is 11.7 Å². The fourth-order valence-corrected chi connectivity index (χ4v) is 2.28. The summed E-state index contributed by atoms with van der Waals surface area (Å²) in [6.07, 6.45) is 0.987. The number of rotatable bonds is 4. The summed E-state index contributed by atoms with van der Waals surface area (Å²) >= 11 is 0. The second kappa shape index (κ2) is 5.37. The Morgan fingerprint density at radius 2 is 2.39 bits per heavy atom. The molecule has 1 saturated heterocycles. The Labute approximate surface area is 106 Å². The van der Waals surface area contributed by atoms with Gasteiger partial charge in [0, 0.05) is 24.9 Å². The lowest BCUT2D eigenvalue weighted by atomic mass is 10.0. The van der Waals surface area contributed by atoms with Crippen LogP contribution in [0, 0.1) is 0 Å². The fraction of sp³-hybridized carbons (Fsp3) is 0.462. The van der Waals surface area contributed by atoms with Crippen molar-refractivity contribution in [1.82, 2.24) is 4.90 Å². The molecule has 0 radical (unpaired) electrons. The van der Waals surface area contributed by atoms with Crippen LogP contribution >= 0.6 is 0 Å². The predicted molar refractivity (Wildman–Crippen MR) is 68.5 cm³/mol. The summed E-state index contributed by atoms with van der Waals surface area (Å²) in [5.41, 5.74) is 7.00. The molecule has 3 N–H and O–H groups in total. The maximum absolute atomic E-state index is 11.2. The van der Waals surface area contributed by atoms with E-state index in [1.807, 2.05) is 13.1 Å². The van der Waals surface area contributed by atoms with Gasteiger partial charge < -0.3 is 15.6 Å². The number of hydrogen-bond acceptors (Lipinski definition) is 4. The third kappa shape index (κ3) is 2.63. The van der Waals surface area contributed by atoms with Crippen LogP contribution in [0.5, 0.6) is 0 Å². The second-order valence-corrected chi connectivity index (χ2v) is 4.62. The van der Waals surface area contributed by atoms with Gasteiger partial charge in [-0.1, -0.05) is 12.1 Å². The van der Waals surface area contributed by atoms with Crippen LogP contribution < -0.4 is 5.73 Å². The van der Waals surface area contributed by atoms with Gasteiger partial charge in [-0.3, -0.25) is 4.90 Å². The quantitative estimate of drug-likeness (QED) is 0.785. The van der Waals surface area contributed by atoms with E-state index in [2.05, 4.69) is 4.90 Å². The highest BCUT2D eigenvalue weighted by molar-refractivity contribution is 5.95. The minimum atomic E-state index is -0.973. The molecule has 1 aliphatic rings.